The zero-order valence-electron chi connectivity index (χ0n) is 18.4. The molecule has 6 heteroatoms. The number of ether oxygens (including phenoxy) is 1. The second kappa shape index (κ2) is 11.9. The Morgan fingerprint density at radius 3 is 2.39 bits per heavy atom. The lowest BCUT2D eigenvalue weighted by molar-refractivity contribution is 0.164. The third-order valence-corrected chi connectivity index (χ3v) is 5.66. The van der Waals surface area contributed by atoms with Crippen LogP contribution in [-0.4, -0.2) is 75.7 Å². The van der Waals surface area contributed by atoms with Gasteiger partial charge >= 0.3 is 0 Å². The largest absolute Gasteiger partial charge is 0.497 e. The Balaban J connectivity index is 1.96. The second-order valence-corrected chi connectivity index (χ2v) is 7.84. The predicted octanol–water partition coefficient (Wildman–Crippen LogP) is 2.73. The van der Waals surface area contributed by atoms with Gasteiger partial charge in [0.15, 0.2) is 5.96 Å². The molecule has 0 aliphatic carbocycles. The molecule has 0 saturated carbocycles. The number of likely N-dealkylation sites (tertiary alicyclic amines) is 1. The molecule has 2 rings (SSSR count). The fourth-order valence-corrected chi connectivity index (χ4v) is 3.54. The van der Waals surface area contributed by atoms with Crippen molar-refractivity contribution < 1.29 is 4.74 Å². The molecule has 2 N–H and O–H groups in total. The summed E-state index contributed by atoms with van der Waals surface area (Å²) in [5, 5.41) is 6.99. The normalized spacial score (nSPS) is 17.0. The summed E-state index contributed by atoms with van der Waals surface area (Å²) in [6.07, 6.45) is 3.90. The highest BCUT2D eigenvalue weighted by molar-refractivity contribution is 5.79. The van der Waals surface area contributed by atoms with E-state index in [0.29, 0.717) is 12.1 Å². The molecule has 1 atom stereocenters. The van der Waals surface area contributed by atoms with Crippen LogP contribution in [-0.2, 0) is 0 Å². The molecule has 1 aliphatic heterocycles. The summed E-state index contributed by atoms with van der Waals surface area (Å²) in [5.74, 6) is 1.77. The smallest absolute Gasteiger partial charge is 0.191 e. The molecule has 1 heterocycles. The Labute approximate surface area is 171 Å². The lowest BCUT2D eigenvalue weighted by Crippen LogP contribution is -2.46. The maximum absolute atomic E-state index is 5.33. The second-order valence-electron chi connectivity index (χ2n) is 7.84. The van der Waals surface area contributed by atoms with Crippen LogP contribution in [0.15, 0.2) is 29.3 Å². The van der Waals surface area contributed by atoms with E-state index in [4.69, 9.17) is 4.74 Å². The van der Waals surface area contributed by atoms with Crippen LogP contribution in [0.1, 0.15) is 44.7 Å². The number of methoxy groups -OCH3 is 1. The van der Waals surface area contributed by atoms with Gasteiger partial charge in [-0.2, -0.15) is 0 Å². The van der Waals surface area contributed by atoms with Gasteiger partial charge in [-0.3, -0.25) is 9.89 Å². The number of guanidine groups is 1. The van der Waals surface area contributed by atoms with Gasteiger partial charge in [0.1, 0.15) is 5.75 Å². The number of likely N-dealkylation sites (N-methyl/N-ethyl adjacent to an activating group) is 1. The third kappa shape index (κ3) is 6.99. The Bertz CT molecular complexity index is 581. The Kier molecular flexibility index (Phi) is 9.58. The predicted molar refractivity (Wildman–Crippen MR) is 118 cm³/mol. The highest BCUT2D eigenvalue weighted by Crippen LogP contribution is 2.25. The summed E-state index contributed by atoms with van der Waals surface area (Å²) in [5.41, 5.74) is 1.32. The first-order valence-corrected chi connectivity index (χ1v) is 10.6. The van der Waals surface area contributed by atoms with Crippen molar-refractivity contribution in [1.29, 1.82) is 0 Å². The monoisotopic (exact) mass is 389 g/mol. The Hall–Kier alpha value is -1.79. The van der Waals surface area contributed by atoms with Gasteiger partial charge < -0.3 is 20.3 Å². The lowest BCUT2D eigenvalue weighted by Gasteiger charge is -2.35. The number of nitrogens with one attached hydrogen (secondary N) is 2. The van der Waals surface area contributed by atoms with E-state index in [1.54, 1.807) is 7.11 Å². The van der Waals surface area contributed by atoms with Gasteiger partial charge in [0.2, 0.25) is 0 Å². The summed E-state index contributed by atoms with van der Waals surface area (Å²) < 4.78 is 5.33. The zero-order valence-corrected chi connectivity index (χ0v) is 18.4. The van der Waals surface area contributed by atoms with Gasteiger partial charge in [-0.05, 0) is 64.5 Å². The van der Waals surface area contributed by atoms with Crippen LogP contribution < -0.4 is 15.4 Å². The Morgan fingerprint density at radius 1 is 1.14 bits per heavy atom. The van der Waals surface area contributed by atoms with Crippen molar-refractivity contribution in [3.63, 3.8) is 0 Å². The van der Waals surface area contributed by atoms with E-state index in [2.05, 4.69) is 70.6 Å². The van der Waals surface area contributed by atoms with Crippen molar-refractivity contribution in [2.75, 3.05) is 53.9 Å². The fraction of sp³-hybridized carbons (Fsp3) is 0.682. The molecule has 1 fully saturated rings. The number of aliphatic imine (C=N–C) groups is 1. The van der Waals surface area contributed by atoms with Crippen LogP contribution in [0.3, 0.4) is 0 Å². The quantitative estimate of drug-likeness (QED) is 0.502. The molecule has 158 valence electrons. The van der Waals surface area contributed by atoms with Crippen molar-refractivity contribution in [2.24, 2.45) is 4.99 Å². The molecule has 0 bridgehead atoms. The Morgan fingerprint density at radius 2 is 1.82 bits per heavy atom. The van der Waals surface area contributed by atoms with Crippen molar-refractivity contribution in [2.45, 2.75) is 45.2 Å². The topological polar surface area (TPSA) is 52.1 Å². The minimum Gasteiger partial charge on any atom is -0.497 e. The van der Waals surface area contributed by atoms with E-state index in [1.165, 1.54) is 24.8 Å². The SMILES string of the molecule is CN=C(NCCN(C)C(C)C)NCC(c1ccc(OC)cc1)N1CCCCC1. The summed E-state index contributed by atoms with van der Waals surface area (Å²) in [6.45, 7) is 9.45. The van der Waals surface area contributed by atoms with Crippen molar-refractivity contribution >= 4 is 5.96 Å². The van der Waals surface area contributed by atoms with Crippen LogP contribution in [0.5, 0.6) is 5.75 Å². The number of benzene rings is 1. The van der Waals surface area contributed by atoms with Gasteiger partial charge in [0.25, 0.3) is 0 Å². The molecule has 1 aromatic rings. The summed E-state index contributed by atoms with van der Waals surface area (Å²) in [6, 6.07) is 9.38. The third-order valence-electron chi connectivity index (χ3n) is 5.66. The maximum Gasteiger partial charge on any atom is 0.191 e. The van der Waals surface area contributed by atoms with Crippen LogP contribution in [0.4, 0.5) is 0 Å². The fourth-order valence-electron chi connectivity index (χ4n) is 3.54. The molecule has 0 aromatic heterocycles. The number of hydrogen-bond donors (Lipinski definition) is 2. The maximum atomic E-state index is 5.33. The first-order chi connectivity index (χ1) is 13.5. The summed E-state index contributed by atoms with van der Waals surface area (Å²) in [4.78, 5) is 9.33. The van der Waals surface area contributed by atoms with E-state index in [0.717, 1.165) is 44.4 Å². The first kappa shape index (κ1) is 22.5. The molecule has 0 spiro atoms. The van der Waals surface area contributed by atoms with Gasteiger partial charge in [-0.1, -0.05) is 18.6 Å². The van der Waals surface area contributed by atoms with E-state index >= 15 is 0 Å². The van der Waals surface area contributed by atoms with Gasteiger partial charge in [-0.25, -0.2) is 0 Å². The number of nitrogens with zero attached hydrogens (tertiary/aromatic N) is 3. The van der Waals surface area contributed by atoms with E-state index in [9.17, 15) is 0 Å². The van der Waals surface area contributed by atoms with Crippen LogP contribution in [0.2, 0.25) is 0 Å². The van der Waals surface area contributed by atoms with Crippen LogP contribution in [0, 0.1) is 0 Å². The van der Waals surface area contributed by atoms with Gasteiger partial charge in [0, 0.05) is 32.7 Å². The van der Waals surface area contributed by atoms with Crippen molar-refractivity contribution in [3.05, 3.63) is 29.8 Å². The molecular formula is C22H39N5O. The summed E-state index contributed by atoms with van der Waals surface area (Å²) >= 11 is 0. The molecule has 6 nitrogen and oxygen atoms in total. The van der Waals surface area contributed by atoms with Gasteiger partial charge in [-0.15, -0.1) is 0 Å². The van der Waals surface area contributed by atoms with Crippen molar-refractivity contribution in [1.82, 2.24) is 20.4 Å². The standard InChI is InChI=1S/C22H39N5O/c1-18(2)26(4)16-13-24-22(23-3)25-17-21(27-14-7-6-8-15-27)19-9-11-20(28-5)12-10-19/h9-12,18,21H,6-8,13-17H2,1-5H3,(H2,23,24,25). The van der Waals surface area contributed by atoms with E-state index in [-0.39, 0.29) is 0 Å². The number of rotatable bonds is 9. The zero-order chi connectivity index (χ0) is 20.4. The highest BCUT2D eigenvalue weighted by Gasteiger charge is 2.22. The highest BCUT2D eigenvalue weighted by atomic mass is 16.5. The molecule has 28 heavy (non-hydrogen) atoms. The molecule has 1 unspecified atom stereocenters. The molecule has 1 aliphatic rings. The minimum absolute atomic E-state index is 0.336. The summed E-state index contributed by atoms with van der Waals surface area (Å²) in [7, 11) is 5.70. The average Bonchev–Trinajstić information content (AvgIpc) is 2.73. The molecule has 1 saturated heterocycles. The van der Waals surface area contributed by atoms with E-state index in [1.807, 2.05) is 7.05 Å². The average molecular weight is 390 g/mol. The molecule has 0 radical (unpaired) electrons. The molecule has 1 aromatic carbocycles. The van der Waals surface area contributed by atoms with E-state index < -0.39 is 0 Å². The number of piperidine rings is 1. The number of hydrogen-bond acceptors (Lipinski definition) is 4. The van der Waals surface area contributed by atoms with Crippen LogP contribution in [0.25, 0.3) is 0 Å². The van der Waals surface area contributed by atoms with Crippen molar-refractivity contribution in [3.8, 4) is 5.75 Å². The van der Waals surface area contributed by atoms with Crippen LogP contribution >= 0.6 is 0 Å². The lowest BCUT2D eigenvalue weighted by atomic mass is 10.0. The minimum atomic E-state index is 0.336. The van der Waals surface area contributed by atoms with Gasteiger partial charge in [0.05, 0.1) is 13.2 Å². The molecular weight excluding hydrogens is 350 g/mol. The molecule has 0 amide bonds. The first-order valence-electron chi connectivity index (χ1n) is 10.6.